The minimum Gasteiger partial charge on any atom is -0.381 e. The quantitative estimate of drug-likeness (QED) is 0.718. The SMILES string of the molecule is CCOCCC(=O)N1CCCCC1C(C)N. The third-order valence-corrected chi connectivity index (χ3v) is 3.14. The summed E-state index contributed by atoms with van der Waals surface area (Å²) in [7, 11) is 0. The van der Waals surface area contributed by atoms with Gasteiger partial charge in [0.2, 0.25) is 5.91 Å². The van der Waals surface area contributed by atoms with Crippen LogP contribution in [0.1, 0.15) is 39.5 Å². The summed E-state index contributed by atoms with van der Waals surface area (Å²) < 4.78 is 5.21. The third-order valence-electron chi connectivity index (χ3n) is 3.14. The van der Waals surface area contributed by atoms with Crippen LogP contribution < -0.4 is 5.73 Å². The van der Waals surface area contributed by atoms with Gasteiger partial charge in [-0.2, -0.15) is 0 Å². The molecule has 2 atom stereocenters. The van der Waals surface area contributed by atoms with E-state index >= 15 is 0 Å². The summed E-state index contributed by atoms with van der Waals surface area (Å²) in [6.45, 7) is 5.98. The molecule has 1 rings (SSSR count). The van der Waals surface area contributed by atoms with Gasteiger partial charge in [0.25, 0.3) is 0 Å². The van der Waals surface area contributed by atoms with Crippen molar-refractivity contribution in [1.29, 1.82) is 0 Å². The van der Waals surface area contributed by atoms with Crippen LogP contribution in [-0.2, 0) is 9.53 Å². The molecular formula is C12H24N2O2. The Hall–Kier alpha value is -0.610. The monoisotopic (exact) mass is 228 g/mol. The molecule has 2 unspecified atom stereocenters. The van der Waals surface area contributed by atoms with E-state index in [1.165, 1.54) is 6.42 Å². The number of likely N-dealkylation sites (tertiary alicyclic amines) is 1. The molecule has 0 spiro atoms. The molecule has 0 aromatic carbocycles. The molecule has 1 fully saturated rings. The lowest BCUT2D eigenvalue weighted by Gasteiger charge is -2.38. The first kappa shape index (κ1) is 13.5. The van der Waals surface area contributed by atoms with Crippen molar-refractivity contribution in [1.82, 2.24) is 4.90 Å². The fourth-order valence-electron chi connectivity index (χ4n) is 2.26. The van der Waals surface area contributed by atoms with Crippen LogP contribution in [0, 0.1) is 0 Å². The van der Waals surface area contributed by atoms with E-state index < -0.39 is 0 Å². The first-order valence-electron chi connectivity index (χ1n) is 6.29. The van der Waals surface area contributed by atoms with E-state index in [1.807, 2.05) is 18.7 Å². The van der Waals surface area contributed by atoms with E-state index in [1.54, 1.807) is 0 Å². The zero-order chi connectivity index (χ0) is 12.0. The van der Waals surface area contributed by atoms with Crippen molar-refractivity contribution in [3.63, 3.8) is 0 Å². The van der Waals surface area contributed by atoms with Crippen molar-refractivity contribution >= 4 is 5.91 Å². The zero-order valence-corrected chi connectivity index (χ0v) is 10.4. The van der Waals surface area contributed by atoms with Gasteiger partial charge in [0.1, 0.15) is 0 Å². The van der Waals surface area contributed by atoms with E-state index in [2.05, 4.69) is 0 Å². The smallest absolute Gasteiger partial charge is 0.225 e. The second kappa shape index (κ2) is 6.86. The maximum absolute atomic E-state index is 12.0. The lowest BCUT2D eigenvalue weighted by Crippen LogP contribution is -2.51. The Morgan fingerprint density at radius 3 is 2.94 bits per heavy atom. The van der Waals surface area contributed by atoms with Gasteiger partial charge in [-0.3, -0.25) is 4.79 Å². The summed E-state index contributed by atoms with van der Waals surface area (Å²) in [5.74, 6) is 0.190. The van der Waals surface area contributed by atoms with Gasteiger partial charge in [-0.1, -0.05) is 0 Å². The average molecular weight is 228 g/mol. The number of hydrogen-bond acceptors (Lipinski definition) is 3. The summed E-state index contributed by atoms with van der Waals surface area (Å²) in [4.78, 5) is 13.9. The van der Waals surface area contributed by atoms with Gasteiger partial charge in [-0.05, 0) is 33.1 Å². The van der Waals surface area contributed by atoms with Crippen LogP contribution in [-0.4, -0.2) is 42.6 Å². The molecule has 0 radical (unpaired) electrons. The van der Waals surface area contributed by atoms with Crippen LogP contribution in [0.4, 0.5) is 0 Å². The average Bonchev–Trinajstić information content (AvgIpc) is 2.29. The summed E-state index contributed by atoms with van der Waals surface area (Å²) in [5.41, 5.74) is 5.93. The second-order valence-electron chi connectivity index (χ2n) is 4.46. The predicted octanol–water partition coefficient (Wildman–Crippen LogP) is 1.14. The van der Waals surface area contributed by atoms with Gasteiger partial charge in [0.15, 0.2) is 0 Å². The van der Waals surface area contributed by atoms with Crippen LogP contribution in [0.25, 0.3) is 0 Å². The van der Waals surface area contributed by atoms with Gasteiger partial charge < -0.3 is 15.4 Å². The van der Waals surface area contributed by atoms with E-state index in [-0.39, 0.29) is 18.0 Å². The predicted molar refractivity (Wildman–Crippen MR) is 64.1 cm³/mol. The molecule has 0 aromatic heterocycles. The molecule has 94 valence electrons. The highest BCUT2D eigenvalue weighted by molar-refractivity contribution is 5.76. The van der Waals surface area contributed by atoms with Gasteiger partial charge in [0, 0.05) is 25.2 Å². The maximum Gasteiger partial charge on any atom is 0.225 e. The first-order valence-corrected chi connectivity index (χ1v) is 6.29. The van der Waals surface area contributed by atoms with Crippen molar-refractivity contribution in [3.05, 3.63) is 0 Å². The number of amides is 1. The van der Waals surface area contributed by atoms with E-state index in [9.17, 15) is 4.79 Å². The Morgan fingerprint density at radius 1 is 1.56 bits per heavy atom. The summed E-state index contributed by atoms with van der Waals surface area (Å²) in [6.07, 6.45) is 3.81. The lowest BCUT2D eigenvalue weighted by molar-refractivity contribution is -0.136. The van der Waals surface area contributed by atoms with Crippen molar-refractivity contribution in [2.75, 3.05) is 19.8 Å². The number of piperidine rings is 1. The zero-order valence-electron chi connectivity index (χ0n) is 10.4. The van der Waals surface area contributed by atoms with Gasteiger partial charge in [-0.15, -0.1) is 0 Å². The third kappa shape index (κ3) is 3.76. The minimum absolute atomic E-state index is 0.0661. The molecule has 1 aliphatic rings. The van der Waals surface area contributed by atoms with Gasteiger partial charge in [0.05, 0.1) is 13.0 Å². The maximum atomic E-state index is 12.0. The van der Waals surface area contributed by atoms with E-state index in [4.69, 9.17) is 10.5 Å². The summed E-state index contributed by atoms with van der Waals surface area (Å²) in [6, 6.07) is 0.291. The molecule has 1 heterocycles. The largest absolute Gasteiger partial charge is 0.381 e. The minimum atomic E-state index is 0.0661. The Kier molecular flexibility index (Phi) is 5.77. The van der Waals surface area contributed by atoms with Crippen LogP contribution in [0.3, 0.4) is 0 Å². The lowest BCUT2D eigenvalue weighted by atomic mass is 9.96. The van der Waals surface area contributed by atoms with Crippen LogP contribution in [0.5, 0.6) is 0 Å². The molecule has 16 heavy (non-hydrogen) atoms. The highest BCUT2D eigenvalue weighted by atomic mass is 16.5. The molecule has 0 aromatic rings. The van der Waals surface area contributed by atoms with E-state index in [0.717, 1.165) is 19.4 Å². The molecule has 0 aliphatic carbocycles. The van der Waals surface area contributed by atoms with E-state index in [0.29, 0.717) is 19.6 Å². The van der Waals surface area contributed by atoms with Crippen LogP contribution in [0.15, 0.2) is 0 Å². The molecule has 4 nitrogen and oxygen atoms in total. The van der Waals surface area contributed by atoms with Crippen molar-refractivity contribution in [2.45, 2.75) is 51.6 Å². The summed E-state index contributed by atoms with van der Waals surface area (Å²) in [5, 5.41) is 0. The summed E-state index contributed by atoms with van der Waals surface area (Å²) >= 11 is 0. The molecule has 0 saturated carbocycles. The Bertz CT molecular complexity index is 219. The standard InChI is InChI=1S/C12H24N2O2/c1-3-16-9-7-12(15)14-8-5-4-6-11(14)10(2)13/h10-11H,3-9,13H2,1-2H3. The number of nitrogens with two attached hydrogens (primary N) is 1. The fraction of sp³-hybridized carbons (Fsp3) is 0.917. The number of hydrogen-bond donors (Lipinski definition) is 1. The molecular weight excluding hydrogens is 204 g/mol. The van der Waals surface area contributed by atoms with Crippen molar-refractivity contribution in [3.8, 4) is 0 Å². The molecule has 1 aliphatic heterocycles. The topological polar surface area (TPSA) is 55.6 Å². The Morgan fingerprint density at radius 2 is 2.31 bits per heavy atom. The second-order valence-corrected chi connectivity index (χ2v) is 4.46. The van der Waals surface area contributed by atoms with Gasteiger partial charge in [-0.25, -0.2) is 0 Å². The van der Waals surface area contributed by atoms with Crippen LogP contribution in [0.2, 0.25) is 0 Å². The number of carbonyl (C=O) groups excluding carboxylic acids is 1. The molecule has 1 amide bonds. The highest BCUT2D eigenvalue weighted by Gasteiger charge is 2.28. The normalized spacial score (nSPS) is 23.2. The molecule has 2 N–H and O–H groups in total. The fourth-order valence-corrected chi connectivity index (χ4v) is 2.26. The number of nitrogens with zero attached hydrogens (tertiary/aromatic N) is 1. The molecule has 4 heteroatoms. The number of rotatable bonds is 5. The van der Waals surface area contributed by atoms with Crippen molar-refractivity contribution < 1.29 is 9.53 Å². The number of carbonyl (C=O) groups is 1. The Labute approximate surface area is 98.1 Å². The van der Waals surface area contributed by atoms with Gasteiger partial charge >= 0.3 is 0 Å². The van der Waals surface area contributed by atoms with Crippen molar-refractivity contribution in [2.24, 2.45) is 5.73 Å². The van der Waals surface area contributed by atoms with Crippen LogP contribution >= 0.6 is 0 Å². The Balaban J connectivity index is 2.44. The highest BCUT2D eigenvalue weighted by Crippen LogP contribution is 2.19. The molecule has 1 saturated heterocycles. The number of ether oxygens (including phenoxy) is 1. The molecule has 0 bridgehead atoms. The first-order chi connectivity index (χ1) is 7.66.